The summed E-state index contributed by atoms with van der Waals surface area (Å²) in [4.78, 5) is 17.1. The van der Waals surface area contributed by atoms with Crippen molar-refractivity contribution in [3.63, 3.8) is 0 Å². The smallest absolute Gasteiger partial charge is 0.280 e. The van der Waals surface area contributed by atoms with Gasteiger partial charge in [0.05, 0.1) is 22.6 Å². The largest absolute Gasteiger partial charge is 0.320 e. The Morgan fingerprint density at radius 3 is 2.50 bits per heavy atom. The molecule has 0 radical (unpaired) electrons. The standard InChI is InChI=1S/C20H13ClF2N4O/c21-14-8-4-5-9-15(14)26-20(28)13-11-24-27-17(18(22)23)10-16(25-19(13)27)12-6-2-1-3-7-12/h1-11,18H,(H,26,28). The van der Waals surface area contributed by atoms with E-state index in [1.54, 1.807) is 48.5 Å². The molecule has 2 heterocycles. The number of benzene rings is 2. The van der Waals surface area contributed by atoms with Gasteiger partial charge in [-0.3, -0.25) is 4.79 Å². The van der Waals surface area contributed by atoms with E-state index >= 15 is 0 Å². The van der Waals surface area contributed by atoms with Gasteiger partial charge in [-0.25, -0.2) is 18.3 Å². The van der Waals surface area contributed by atoms with Crippen LogP contribution in [0.25, 0.3) is 16.9 Å². The predicted octanol–water partition coefficient (Wildman–Crippen LogP) is 5.24. The molecule has 4 rings (SSSR count). The SMILES string of the molecule is O=C(Nc1ccccc1Cl)c1cnn2c(C(F)F)cc(-c3ccccc3)nc12. The van der Waals surface area contributed by atoms with Gasteiger partial charge >= 0.3 is 0 Å². The Morgan fingerprint density at radius 1 is 1.07 bits per heavy atom. The van der Waals surface area contributed by atoms with E-state index < -0.39 is 12.3 Å². The highest BCUT2D eigenvalue weighted by Crippen LogP contribution is 2.27. The number of hydrogen-bond acceptors (Lipinski definition) is 3. The van der Waals surface area contributed by atoms with Gasteiger partial charge in [0.15, 0.2) is 5.65 Å². The van der Waals surface area contributed by atoms with Crippen molar-refractivity contribution in [1.29, 1.82) is 0 Å². The number of amides is 1. The second-order valence-electron chi connectivity index (χ2n) is 5.96. The fourth-order valence-corrected chi connectivity index (χ4v) is 2.99. The molecule has 2 aromatic heterocycles. The third kappa shape index (κ3) is 3.32. The zero-order valence-electron chi connectivity index (χ0n) is 14.3. The number of halogens is 3. The summed E-state index contributed by atoms with van der Waals surface area (Å²) in [6.45, 7) is 0. The molecule has 140 valence electrons. The first-order chi connectivity index (χ1) is 13.5. The summed E-state index contributed by atoms with van der Waals surface area (Å²) >= 11 is 6.07. The van der Waals surface area contributed by atoms with E-state index in [0.29, 0.717) is 22.0 Å². The maximum atomic E-state index is 13.6. The van der Waals surface area contributed by atoms with Crippen molar-refractivity contribution in [3.8, 4) is 11.3 Å². The van der Waals surface area contributed by atoms with Crippen LogP contribution in [0.15, 0.2) is 66.9 Å². The molecule has 1 N–H and O–H groups in total. The Labute approximate surface area is 163 Å². The van der Waals surface area contributed by atoms with E-state index in [2.05, 4.69) is 15.4 Å². The van der Waals surface area contributed by atoms with Crippen LogP contribution in [0, 0.1) is 0 Å². The Hall–Kier alpha value is -3.32. The molecule has 0 aliphatic rings. The van der Waals surface area contributed by atoms with Crippen molar-refractivity contribution >= 4 is 28.8 Å². The summed E-state index contributed by atoms with van der Waals surface area (Å²) in [7, 11) is 0. The summed E-state index contributed by atoms with van der Waals surface area (Å²) in [6, 6.07) is 16.9. The molecule has 0 bridgehead atoms. The summed E-state index contributed by atoms with van der Waals surface area (Å²) in [5.74, 6) is -0.541. The lowest BCUT2D eigenvalue weighted by molar-refractivity contribution is 0.102. The molecule has 0 aliphatic heterocycles. The van der Waals surface area contributed by atoms with Crippen molar-refractivity contribution in [2.75, 3.05) is 5.32 Å². The second kappa shape index (κ2) is 7.36. The van der Waals surface area contributed by atoms with Crippen LogP contribution in [0.2, 0.25) is 5.02 Å². The third-order valence-corrected chi connectivity index (χ3v) is 4.49. The second-order valence-corrected chi connectivity index (χ2v) is 6.37. The van der Waals surface area contributed by atoms with Gasteiger partial charge in [-0.05, 0) is 18.2 Å². The lowest BCUT2D eigenvalue weighted by atomic mass is 10.1. The van der Waals surface area contributed by atoms with Crippen LogP contribution in [-0.4, -0.2) is 20.5 Å². The van der Waals surface area contributed by atoms with Crippen LogP contribution < -0.4 is 5.32 Å². The molecule has 1 amide bonds. The van der Waals surface area contributed by atoms with Gasteiger partial charge in [0.25, 0.3) is 12.3 Å². The molecule has 0 saturated carbocycles. The number of hydrogen-bond donors (Lipinski definition) is 1. The predicted molar refractivity (Wildman–Crippen MR) is 103 cm³/mol. The van der Waals surface area contributed by atoms with Gasteiger partial charge in [0.1, 0.15) is 11.3 Å². The number of carbonyl (C=O) groups is 1. The molecule has 0 aliphatic carbocycles. The van der Waals surface area contributed by atoms with E-state index in [1.807, 2.05) is 6.07 Å². The zero-order chi connectivity index (χ0) is 19.7. The Balaban J connectivity index is 1.82. The fourth-order valence-electron chi connectivity index (χ4n) is 2.81. The van der Waals surface area contributed by atoms with Gasteiger partial charge in [0, 0.05) is 5.56 Å². The molecular formula is C20H13ClF2N4O. The minimum absolute atomic E-state index is 0.0428. The number of alkyl halides is 2. The minimum Gasteiger partial charge on any atom is -0.320 e. The van der Waals surface area contributed by atoms with Crippen molar-refractivity contribution in [3.05, 3.63) is 83.1 Å². The summed E-state index contributed by atoms with van der Waals surface area (Å²) < 4.78 is 28.2. The molecule has 2 aromatic carbocycles. The van der Waals surface area contributed by atoms with Crippen LogP contribution in [0.3, 0.4) is 0 Å². The van der Waals surface area contributed by atoms with Crippen LogP contribution >= 0.6 is 11.6 Å². The van der Waals surface area contributed by atoms with Crippen LogP contribution in [0.1, 0.15) is 22.5 Å². The highest BCUT2D eigenvalue weighted by molar-refractivity contribution is 6.34. The first-order valence-corrected chi connectivity index (χ1v) is 8.70. The lowest BCUT2D eigenvalue weighted by Crippen LogP contribution is -2.13. The molecule has 0 unspecified atom stereocenters. The van der Waals surface area contributed by atoms with Gasteiger partial charge in [-0.2, -0.15) is 5.10 Å². The quantitative estimate of drug-likeness (QED) is 0.511. The maximum Gasteiger partial charge on any atom is 0.280 e. The molecule has 0 atom stereocenters. The Kier molecular flexibility index (Phi) is 4.75. The van der Waals surface area contributed by atoms with Crippen LogP contribution in [0.5, 0.6) is 0 Å². The van der Waals surface area contributed by atoms with Crippen molar-refractivity contribution in [1.82, 2.24) is 14.6 Å². The first-order valence-electron chi connectivity index (χ1n) is 8.32. The number of fused-ring (bicyclic) bond motifs is 1. The molecule has 0 spiro atoms. The monoisotopic (exact) mass is 398 g/mol. The number of nitrogens with one attached hydrogen (secondary N) is 1. The topological polar surface area (TPSA) is 59.3 Å². The summed E-state index contributed by atoms with van der Waals surface area (Å²) in [5.41, 5.74) is 1.16. The molecule has 28 heavy (non-hydrogen) atoms. The Bertz CT molecular complexity index is 1160. The summed E-state index contributed by atoms with van der Waals surface area (Å²) in [6.07, 6.45) is -1.57. The number of rotatable bonds is 4. The highest BCUT2D eigenvalue weighted by atomic mass is 35.5. The average molecular weight is 399 g/mol. The van der Waals surface area contributed by atoms with E-state index in [9.17, 15) is 13.6 Å². The minimum atomic E-state index is -2.78. The van der Waals surface area contributed by atoms with E-state index in [0.717, 1.165) is 4.52 Å². The normalized spacial score (nSPS) is 11.1. The van der Waals surface area contributed by atoms with E-state index in [4.69, 9.17) is 11.6 Å². The van der Waals surface area contributed by atoms with Crippen LogP contribution in [0.4, 0.5) is 14.5 Å². The highest BCUT2D eigenvalue weighted by Gasteiger charge is 2.22. The molecule has 0 fully saturated rings. The van der Waals surface area contributed by atoms with Crippen molar-refractivity contribution < 1.29 is 13.6 Å². The van der Waals surface area contributed by atoms with Crippen molar-refractivity contribution in [2.45, 2.75) is 6.43 Å². The fraction of sp³-hybridized carbons (Fsp3) is 0.0500. The zero-order valence-corrected chi connectivity index (χ0v) is 15.1. The van der Waals surface area contributed by atoms with Gasteiger partial charge in [-0.15, -0.1) is 0 Å². The third-order valence-electron chi connectivity index (χ3n) is 4.16. The molecule has 4 aromatic rings. The van der Waals surface area contributed by atoms with Crippen molar-refractivity contribution in [2.24, 2.45) is 0 Å². The maximum absolute atomic E-state index is 13.6. The van der Waals surface area contributed by atoms with Crippen LogP contribution in [-0.2, 0) is 0 Å². The van der Waals surface area contributed by atoms with Gasteiger partial charge in [-0.1, -0.05) is 54.1 Å². The summed E-state index contributed by atoms with van der Waals surface area (Å²) in [5, 5.41) is 6.96. The number of anilines is 1. The molecule has 5 nitrogen and oxygen atoms in total. The number of nitrogens with zero attached hydrogens (tertiary/aromatic N) is 3. The first kappa shape index (κ1) is 18.1. The molecule has 8 heteroatoms. The number of carbonyl (C=O) groups excluding carboxylic acids is 1. The lowest BCUT2D eigenvalue weighted by Gasteiger charge is -2.09. The number of para-hydroxylation sites is 1. The van der Waals surface area contributed by atoms with E-state index in [-0.39, 0.29) is 16.9 Å². The number of aromatic nitrogens is 3. The van der Waals surface area contributed by atoms with Gasteiger partial charge in [0.2, 0.25) is 0 Å². The van der Waals surface area contributed by atoms with E-state index in [1.165, 1.54) is 12.3 Å². The average Bonchev–Trinajstić information content (AvgIpc) is 3.13. The Morgan fingerprint density at radius 2 is 1.79 bits per heavy atom. The molecular weight excluding hydrogens is 386 g/mol. The molecule has 0 saturated heterocycles. The van der Waals surface area contributed by atoms with Gasteiger partial charge < -0.3 is 5.32 Å².